The van der Waals surface area contributed by atoms with E-state index in [4.69, 9.17) is 5.11 Å². The standard InChI is InChI=1S/C14H20N2O4S/c1-2-15-21(19,20)12-7-5-11(6-8-12)16-13(9-14(17)18)10-3-4-10/h5-8,10,13,15-16H,2-4,9H2,1H3,(H,17,18). The van der Waals surface area contributed by atoms with Gasteiger partial charge in [-0.1, -0.05) is 6.92 Å². The van der Waals surface area contributed by atoms with Crippen LogP contribution in [0, 0.1) is 5.92 Å². The zero-order chi connectivity index (χ0) is 15.5. The molecule has 3 N–H and O–H groups in total. The molecule has 1 aromatic carbocycles. The molecule has 0 bridgehead atoms. The molecular formula is C14H20N2O4S. The fraction of sp³-hybridized carbons (Fsp3) is 0.500. The minimum absolute atomic E-state index is 0.0715. The number of benzene rings is 1. The van der Waals surface area contributed by atoms with Crippen LogP contribution < -0.4 is 10.0 Å². The monoisotopic (exact) mass is 312 g/mol. The van der Waals surface area contributed by atoms with Crippen molar-refractivity contribution in [3.05, 3.63) is 24.3 Å². The Morgan fingerprint density at radius 2 is 1.95 bits per heavy atom. The maximum atomic E-state index is 11.8. The van der Waals surface area contributed by atoms with Gasteiger partial charge in [-0.3, -0.25) is 4.79 Å². The first kappa shape index (κ1) is 15.8. The molecule has 2 rings (SSSR count). The first-order chi connectivity index (χ1) is 9.92. The molecule has 0 spiro atoms. The van der Waals surface area contributed by atoms with Crippen molar-refractivity contribution in [2.24, 2.45) is 5.92 Å². The highest BCUT2D eigenvalue weighted by Gasteiger charge is 2.32. The minimum Gasteiger partial charge on any atom is -0.481 e. The maximum absolute atomic E-state index is 11.8. The molecule has 21 heavy (non-hydrogen) atoms. The molecule has 1 fully saturated rings. The molecule has 1 saturated carbocycles. The van der Waals surface area contributed by atoms with Crippen LogP contribution in [0.2, 0.25) is 0 Å². The number of rotatable bonds is 8. The summed E-state index contributed by atoms with van der Waals surface area (Å²) in [6, 6.07) is 6.28. The summed E-state index contributed by atoms with van der Waals surface area (Å²) >= 11 is 0. The predicted molar refractivity (Wildman–Crippen MR) is 79.7 cm³/mol. The summed E-state index contributed by atoms with van der Waals surface area (Å²) in [6.07, 6.45) is 2.15. The summed E-state index contributed by atoms with van der Waals surface area (Å²) in [4.78, 5) is 11.1. The van der Waals surface area contributed by atoms with Gasteiger partial charge < -0.3 is 10.4 Å². The Balaban J connectivity index is 2.06. The molecule has 1 aliphatic rings. The quantitative estimate of drug-likeness (QED) is 0.678. The van der Waals surface area contributed by atoms with Crippen LogP contribution in [0.25, 0.3) is 0 Å². The van der Waals surface area contributed by atoms with Crippen LogP contribution in [-0.4, -0.2) is 32.1 Å². The van der Waals surface area contributed by atoms with E-state index in [0.29, 0.717) is 12.5 Å². The highest BCUT2D eigenvalue weighted by atomic mass is 32.2. The van der Waals surface area contributed by atoms with Gasteiger partial charge in [0.05, 0.1) is 11.3 Å². The second-order valence-electron chi connectivity index (χ2n) is 5.21. The number of sulfonamides is 1. The fourth-order valence-electron chi connectivity index (χ4n) is 2.24. The Kier molecular flexibility index (Phi) is 4.84. The second-order valence-corrected chi connectivity index (χ2v) is 6.98. The van der Waals surface area contributed by atoms with Gasteiger partial charge >= 0.3 is 5.97 Å². The largest absolute Gasteiger partial charge is 0.481 e. The molecule has 0 saturated heterocycles. The van der Waals surface area contributed by atoms with E-state index >= 15 is 0 Å². The minimum atomic E-state index is -3.45. The average molecular weight is 312 g/mol. The van der Waals surface area contributed by atoms with Gasteiger partial charge in [-0.05, 0) is 43.0 Å². The van der Waals surface area contributed by atoms with Gasteiger partial charge in [0.2, 0.25) is 10.0 Å². The normalized spacial score (nSPS) is 16.4. The summed E-state index contributed by atoms with van der Waals surface area (Å²) < 4.78 is 26.1. The van der Waals surface area contributed by atoms with Crippen LogP contribution in [0.4, 0.5) is 5.69 Å². The fourth-order valence-corrected chi connectivity index (χ4v) is 3.28. The Hall–Kier alpha value is -1.60. The Morgan fingerprint density at radius 3 is 2.43 bits per heavy atom. The van der Waals surface area contributed by atoms with Gasteiger partial charge in [0.15, 0.2) is 0 Å². The lowest BCUT2D eigenvalue weighted by atomic mass is 10.1. The number of hydrogen-bond donors (Lipinski definition) is 3. The molecule has 6 nitrogen and oxygen atoms in total. The molecule has 0 aliphatic heterocycles. The van der Waals surface area contributed by atoms with Gasteiger partial charge in [0.1, 0.15) is 0 Å². The zero-order valence-corrected chi connectivity index (χ0v) is 12.7. The number of hydrogen-bond acceptors (Lipinski definition) is 4. The Labute approximate surface area is 124 Å². The van der Waals surface area contributed by atoms with Gasteiger partial charge in [-0.25, -0.2) is 13.1 Å². The van der Waals surface area contributed by atoms with Crippen molar-refractivity contribution in [3.63, 3.8) is 0 Å². The first-order valence-electron chi connectivity index (χ1n) is 7.00. The zero-order valence-electron chi connectivity index (χ0n) is 11.9. The summed E-state index contributed by atoms with van der Waals surface area (Å²) in [7, 11) is -3.45. The maximum Gasteiger partial charge on any atom is 0.305 e. The molecule has 0 amide bonds. The van der Waals surface area contributed by atoms with Crippen molar-refractivity contribution >= 4 is 21.7 Å². The van der Waals surface area contributed by atoms with E-state index in [1.807, 2.05) is 0 Å². The average Bonchev–Trinajstić information content (AvgIpc) is 3.22. The van der Waals surface area contributed by atoms with Gasteiger partial charge in [0, 0.05) is 18.3 Å². The smallest absolute Gasteiger partial charge is 0.305 e. The van der Waals surface area contributed by atoms with Crippen LogP contribution in [0.15, 0.2) is 29.2 Å². The van der Waals surface area contributed by atoms with E-state index in [1.165, 1.54) is 12.1 Å². The topological polar surface area (TPSA) is 95.5 Å². The van der Waals surface area contributed by atoms with Crippen molar-refractivity contribution in [3.8, 4) is 0 Å². The lowest BCUT2D eigenvalue weighted by molar-refractivity contribution is -0.137. The van der Waals surface area contributed by atoms with Crippen molar-refractivity contribution in [2.45, 2.75) is 37.1 Å². The molecule has 1 aliphatic carbocycles. The Morgan fingerprint density at radius 1 is 1.33 bits per heavy atom. The first-order valence-corrected chi connectivity index (χ1v) is 8.48. The number of carboxylic acids is 1. The number of nitrogens with one attached hydrogen (secondary N) is 2. The molecule has 116 valence electrons. The van der Waals surface area contributed by atoms with Crippen molar-refractivity contribution in [2.75, 3.05) is 11.9 Å². The molecular weight excluding hydrogens is 292 g/mol. The summed E-state index contributed by atoms with van der Waals surface area (Å²) in [6.45, 7) is 2.06. The van der Waals surface area contributed by atoms with E-state index in [1.54, 1.807) is 19.1 Å². The molecule has 1 unspecified atom stereocenters. The van der Waals surface area contributed by atoms with E-state index in [9.17, 15) is 13.2 Å². The lowest BCUT2D eigenvalue weighted by Crippen LogP contribution is -2.25. The highest BCUT2D eigenvalue weighted by molar-refractivity contribution is 7.89. The van der Waals surface area contributed by atoms with Crippen LogP contribution in [0.1, 0.15) is 26.2 Å². The van der Waals surface area contributed by atoms with Gasteiger partial charge in [0.25, 0.3) is 0 Å². The third-order valence-electron chi connectivity index (χ3n) is 3.44. The van der Waals surface area contributed by atoms with E-state index in [2.05, 4.69) is 10.0 Å². The van der Waals surface area contributed by atoms with Gasteiger partial charge in [-0.15, -0.1) is 0 Å². The highest BCUT2D eigenvalue weighted by Crippen LogP contribution is 2.35. The van der Waals surface area contributed by atoms with E-state index in [0.717, 1.165) is 18.5 Å². The second kappa shape index (κ2) is 6.44. The van der Waals surface area contributed by atoms with Crippen LogP contribution in [0.5, 0.6) is 0 Å². The van der Waals surface area contributed by atoms with Crippen molar-refractivity contribution in [1.82, 2.24) is 4.72 Å². The van der Waals surface area contributed by atoms with Crippen LogP contribution in [-0.2, 0) is 14.8 Å². The van der Waals surface area contributed by atoms with Crippen molar-refractivity contribution in [1.29, 1.82) is 0 Å². The summed E-state index contributed by atoms with van der Waals surface area (Å²) in [5.41, 5.74) is 0.739. The molecule has 1 aromatic rings. The van der Waals surface area contributed by atoms with E-state index < -0.39 is 16.0 Å². The van der Waals surface area contributed by atoms with Crippen molar-refractivity contribution < 1.29 is 18.3 Å². The molecule has 1 atom stereocenters. The lowest BCUT2D eigenvalue weighted by Gasteiger charge is -2.17. The summed E-state index contributed by atoms with van der Waals surface area (Å²) in [5.74, 6) is -0.433. The number of anilines is 1. The SMILES string of the molecule is CCNS(=O)(=O)c1ccc(NC(CC(=O)O)C2CC2)cc1. The number of carbonyl (C=O) groups is 1. The molecule has 0 heterocycles. The van der Waals surface area contributed by atoms with Crippen LogP contribution >= 0.6 is 0 Å². The van der Waals surface area contributed by atoms with E-state index in [-0.39, 0.29) is 17.4 Å². The summed E-state index contributed by atoms with van der Waals surface area (Å²) in [5, 5.41) is 12.1. The van der Waals surface area contributed by atoms with Gasteiger partial charge in [-0.2, -0.15) is 0 Å². The Bertz CT molecular complexity index is 594. The molecule has 7 heteroatoms. The number of carboxylic acid groups (broad SMARTS) is 1. The third-order valence-corrected chi connectivity index (χ3v) is 5.00. The molecule has 0 aromatic heterocycles. The number of aliphatic carboxylic acids is 1. The predicted octanol–water partition coefficient (Wildman–Crippen LogP) is 1.65. The third kappa shape index (κ3) is 4.44. The van der Waals surface area contributed by atoms with Crippen LogP contribution in [0.3, 0.4) is 0 Å². The molecule has 0 radical (unpaired) electrons.